The van der Waals surface area contributed by atoms with Crippen molar-refractivity contribution in [3.05, 3.63) is 56.6 Å². The Hall–Kier alpha value is -2.37. The lowest BCUT2D eigenvalue weighted by molar-refractivity contribution is -0.384. The number of ether oxygens (including phenoxy) is 1. The van der Waals surface area contributed by atoms with Crippen molar-refractivity contribution in [1.82, 2.24) is 0 Å². The number of hydrogen-bond donors (Lipinski definition) is 2. The Balaban J connectivity index is 2.18. The van der Waals surface area contributed by atoms with Crippen LogP contribution >= 0.6 is 35.4 Å². The van der Waals surface area contributed by atoms with E-state index in [4.69, 9.17) is 35.4 Å². The molecule has 0 heterocycles. The van der Waals surface area contributed by atoms with E-state index in [-0.39, 0.29) is 15.8 Å². The molecule has 0 saturated heterocycles. The molecule has 0 unspecified atom stereocenters. The van der Waals surface area contributed by atoms with Gasteiger partial charge in [-0.3, -0.25) is 10.1 Å². The van der Waals surface area contributed by atoms with Crippen LogP contribution in [0.25, 0.3) is 0 Å². The van der Waals surface area contributed by atoms with Crippen LogP contribution in [-0.4, -0.2) is 29.0 Å². The van der Waals surface area contributed by atoms with Crippen molar-refractivity contribution in [3.8, 4) is 5.75 Å². The number of alkyl halides is 4. The molecule has 0 saturated carbocycles. The van der Waals surface area contributed by atoms with E-state index in [1.807, 2.05) is 0 Å². The predicted molar refractivity (Wildman–Crippen MR) is 106 cm³/mol. The summed E-state index contributed by atoms with van der Waals surface area (Å²) >= 11 is 16.9. The van der Waals surface area contributed by atoms with Crippen LogP contribution in [0.2, 0.25) is 10.0 Å². The van der Waals surface area contributed by atoms with Crippen LogP contribution in [0.5, 0.6) is 5.75 Å². The summed E-state index contributed by atoms with van der Waals surface area (Å²) in [6, 6.07) is 7.49. The normalized spacial score (nSPS) is 11.3. The van der Waals surface area contributed by atoms with Crippen LogP contribution in [0, 0.1) is 10.1 Å². The number of halogens is 6. The fourth-order valence-corrected chi connectivity index (χ4v) is 2.53. The van der Waals surface area contributed by atoms with E-state index >= 15 is 0 Å². The van der Waals surface area contributed by atoms with Gasteiger partial charge in [0, 0.05) is 17.2 Å². The molecule has 156 valence electrons. The van der Waals surface area contributed by atoms with E-state index in [1.54, 1.807) is 6.07 Å². The molecular formula is C16H11Cl2F4N3O3S. The molecule has 2 aromatic carbocycles. The van der Waals surface area contributed by atoms with Crippen molar-refractivity contribution >= 4 is 57.6 Å². The summed E-state index contributed by atoms with van der Waals surface area (Å²) in [6.07, 6.45) is -3.95. The molecule has 0 aromatic heterocycles. The van der Waals surface area contributed by atoms with Crippen molar-refractivity contribution in [3.63, 3.8) is 0 Å². The monoisotopic (exact) mass is 471 g/mol. The molecule has 2 rings (SSSR count). The maximum atomic E-state index is 13.0. The zero-order valence-electron chi connectivity index (χ0n) is 14.1. The van der Waals surface area contributed by atoms with Gasteiger partial charge < -0.3 is 15.4 Å². The highest BCUT2D eigenvalue weighted by molar-refractivity contribution is 7.80. The lowest BCUT2D eigenvalue weighted by atomic mass is 10.2. The first-order valence-electron chi connectivity index (χ1n) is 7.59. The van der Waals surface area contributed by atoms with Crippen molar-refractivity contribution in [2.45, 2.75) is 12.3 Å². The molecule has 0 bridgehead atoms. The Morgan fingerprint density at radius 2 is 1.90 bits per heavy atom. The third-order valence-corrected chi connectivity index (χ3v) is 4.06. The van der Waals surface area contributed by atoms with Gasteiger partial charge in [-0.15, -0.1) is 0 Å². The average molecular weight is 472 g/mol. The third-order valence-electron chi connectivity index (χ3n) is 3.29. The number of anilines is 2. The first kappa shape index (κ1) is 22.9. The second-order valence-corrected chi connectivity index (χ2v) is 6.78. The number of nitro benzene ring substituents is 1. The van der Waals surface area contributed by atoms with Gasteiger partial charge in [0.15, 0.2) is 11.7 Å². The van der Waals surface area contributed by atoms with Gasteiger partial charge in [-0.05, 0) is 30.4 Å². The predicted octanol–water partition coefficient (Wildman–Crippen LogP) is 5.99. The molecule has 0 aliphatic rings. The summed E-state index contributed by atoms with van der Waals surface area (Å²) in [6.45, 7) is -1.66. The summed E-state index contributed by atoms with van der Waals surface area (Å²) in [5.41, 5.74) is -0.200. The van der Waals surface area contributed by atoms with Crippen LogP contribution in [0.3, 0.4) is 0 Å². The van der Waals surface area contributed by atoms with Gasteiger partial charge in [0.05, 0.1) is 27.4 Å². The maximum Gasteiger partial charge on any atom is 0.340 e. The lowest BCUT2D eigenvalue weighted by Crippen LogP contribution is -2.33. The number of hydrogen-bond acceptors (Lipinski definition) is 4. The highest BCUT2D eigenvalue weighted by atomic mass is 35.5. The van der Waals surface area contributed by atoms with Crippen LogP contribution in [-0.2, 0) is 0 Å². The standard InChI is InChI=1S/C16H11Cl2F4N3O3S/c17-8-1-2-12(18)13(3-8)24-15(29)23-9-4-10(25(26)27)6-11(5-9)28-7-16(21,22)14(19)20/h1-6,14H,7H2,(H2,23,24,29). The summed E-state index contributed by atoms with van der Waals surface area (Å²) in [5.74, 6) is -4.84. The fourth-order valence-electron chi connectivity index (χ4n) is 1.96. The summed E-state index contributed by atoms with van der Waals surface area (Å²) in [5, 5.41) is 16.9. The van der Waals surface area contributed by atoms with E-state index in [2.05, 4.69) is 15.4 Å². The van der Waals surface area contributed by atoms with Gasteiger partial charge in [-0.1, -0.05) is 23.2 Å². The number of nitrogens with zero attached hydrogens (tertiary/aromatic N) is 1. The second-order valence-electron chi connectivity index (χ2n) is 5.53. The minimum absolute atomic E-state index is 0.00906. The number of nitro groups is 1. The van der Waals surface area contributed by atoms with Gasteiger partial charge in [0.1, 0.15) is 5.75 Å². The smallest absolute Gasteiger partial charge is 0.340 e. The van der Waals surface area contributed by atoms with Gasteiger partial charge in [-0.2, -0.15) is 8.78 Å². The van der Waals surface area contributed by atoms with Gasteiger partial charge in [0.25, 0.3) is 5.69 Å². The molecule has 0 fully saturated rings. The Morgan fingerprint density at radius 3 is 2.52 bits per heavy atom. The zero-order chi connectivity index (χ0) is 21.8. The van der Waals surface area contributed by atoms with Gasteiger partial charge in [-0.25, -0.2) is 8.78 Å². The Labute approximate surface area is 176 Å². The molecule has 2 aromatic rings. The van der Waals surface area contributed by atoms with Crippen molar-refractivity contribution in [2.75, 3.05) is 17.2 Å². The Kier molecular flexibility index (Phi) is 7.44. The minimum Gasteiger partial charge on any atom is -0.487 e. The first-order chi connectivity index (χ1) is 13.5. The van der Waals surface area contributed by atoms with Crippen LogP contribution < -0.4 is 15.4 Å². The number of rotatable bonds is 7. The summed E-state index contributed by atoms with van der Waals surface area (Å²) in [4.78, 5) is 10.2. The topological polar surface area (TPSA) is 76.4 Å². The fraction of sp³-hybridized carbons (Fsp3) is 0.188. The molecule has 0 aliphatic carbocycles. The molecule has 29 heavy (non-hydrogen) atoms. The number of thiocarbonyl (C=S) groups is 1. The van der Waals surface area contributed by atoms with E-state index in [1.165, 1.54) is 12.1 Å². The van der Waals surface area contributed by atoms with Crippen molar-refractivity contribution in [2.24, 2.45) is 0 Å². The Bertz CT molecular complexity index is 934. The van der Waals surface area contributed by atoms with E-state index in [9.17, 15) is 27.7 Å². The summed E-state index contributed by atoms with van der Waals surface area (Å²) in [7, 11) is 0. The van der Waals surface area contributed by atoms with Crippen molar-refractivity contribution in [1.29, 1.82) is 0 Å². The average Bonchev–Trinajstić information content (AvgIpc) is 2.62. The molecule has 0 radical (unpaired) electrons. The van der Waals surface area contributed by atoms with Gasteiger partial charge >= 0.3 is 12.3 Å². The Morgan fingerprint density at radius 1 is 1.21 bits per heavy atom. The lowest BCUT2D eigenvalue weighted by Gasteiger charge is -2.17. The quantitative estimate of drug-likeness (QED) is 0.223. The minimum atomic E-state index is -4.42. The third kappa shape index (κ3) is 6.58. The number of benzene rings is 2. The molecule has 6 nitrogen and oxygen atoms in total. The second kappa shape index (κ2) is 9.42. The molecule has 0 amide bonds. The van der Waals surface area contributed by atoms with Crippen molar-refractivity contribution < 1.29 is 27.2 Å². The molecule has 2 N–H and O–H groups in total. The maximum absolute atomic E-state index is 13.0. The number of nitrogens with one attached hydrogen (secondary N) is 2. The summed E-state index contributed by atoms with van der Waals surface area (Å²) < 4.78 is 55.2. The highest BCUT2D eigenvalue weighted by Crippen LogP contribution is 2.30. The molecule has 13 heteroatoms. The molecule has 0 spiro atoms. The largest absolute Gasteiger partial charge is 0.487 e. The van der Waals surface area contributed by atoms with E-state index in [0.717, 1.165) is 18.2 Å². The SMILES string of the molecule is O=[N+]([O-])c1cc(NC(=S)Nc2cc(Cl)ccc2Cl)cc(OCC(F)(F)C(F)F)c1. The van der Waals surface area contributed by atoms with Gasteiger partial charge in [0.2, 0.25) is 0 Å². The van der Waals surface area contributed by atoms with Crippen LogP contribution in [0.15, 0.2) is 36.4 Å². The molecule has 0 aliphatic heterocycles. The van der Waals surface area contributed by atoms with E-state index in [0.29, 0.717) is 10.7 Å². The highest BCUT2D eigenvalue weighted by Gasteiger charge is 2.41. The number of non-ortho nitro benzene ring substituents is 1. The van der Waals surface area contributed by atoms with E-state index < -0.39 is 35.3 Å². The van der Waals surface area contributed by atoms with Crippen LogP contribution in [0.4, 0.5) is 34.6 Å². The molecule has 0 atom stereocenters. The molecular weight excluding hydrogens is 461 g/mol. The first-order valence-corrected chi connectivity index (χ1v) is 8.75. The zero-order valence-corrected chi connectivity index (χ0v) is 16.4. The van der Waals surface area contributed by atoms with Crippen LogP contribution in [0.1, 0.15) is 0 Å².